The molecule has 2 N–H and O–H groups in total. The zero-order valence-electron chi connectivity index (χ0n) is 12.4. The molecule has 21 heavy (non-hydrogen) atoms. The van der Waals surface area contributed by atoms with Crippen molar-refractivity contribution in [2.45, 2.75) is 19.9 Å². The minimum Gasteiger partial charge on any atom is -0.481 e. The van der Waals surface area contributed by atoms with Crippen LogP contribution in [0.3, 0.4) is 0 Å². The number of aliphatic carboxylic acids is 1. The van der Waals surface area contributed by atoms with Crippen molar-refractivity contribution in [2.24, 2.45) is 5.92 Å². The molecule has 2 atom stereocenters. The fraction of sp³-hybridized carbons (Fsp3) is 0.400. The van der Waals surface area contributed by atoms with Crippen molar-refractivity contribution in [3.05, 3.63) is 35.9 Å². The monoisotopic (exact) mass is 292 g/mol. The smallest absolute Gasteiger partial charge is 0.308 e. The summed E-state index contributed by atoms with van der Waals surface area (Å²) < 4.78 is 0. The van der Waals surface area contributed by atoms with E-state index in [9.17, 15) is 14.4 Å². The number of carbonyl (C=O) groups is 3. The van der Waals surface area contributed by atoms with Crippen molar-refractivity contribution in [3.8, 4) is 0 Å². The number of nitrogens with one attached hydrogen (secondary N) is 1. The predicted molar refractivity (Wildman–Crippen MR) is 77.8 cm³/mol. The van der Waals surface area contributed by atoms with E-state index in [1.54, 1.807) is 37.3 Å². The van der Waals surface area contributed by atoms with E-state index in [0.717, 1.165) is 0 Å². The van der Waals surface area contributed by atoms with E-state index in [2.05, 4.69) is 5.32 Å². The summed E-state index contributed by atoms with van der Waals surface area (Å²) in [5.41, 5.74) is 0.500. The number of carboxylic acids is 1. The Morgan fingerprint density at radius 1 is 1.19 bits per heavy atom. The number of carbonyl (C=O) groups excluding carboxylic acids is 2. The van der Waals surface area contributed by atoms with Gasteiger partial charge in [0.1, 0.15) is 0 Å². The van der Waals surface area contributed by atoms with E-state index in [-0.39, 0.29) is 18.4 Å². The fourth-order valence-corrected chi connectivity index (χ4v) is 1.73. The number of rotatable bonds is 6. The maximum Gasteiger partial charge on any atom is 0.308 e. The van der Waals surface area contributed by atoms with E-state index in [1.807, 2.05) is 0 Å². The van der Waals surface area contributed by atoms with Gasteiger partial charge in [0.25, 0.3) is 5.91 Å². The summed E-state index contributed by atoms with van der Waals surface area (Å²) in [6.45, 7) is 3.02. The Kier molecular flexibility index (Phi) is 5.90. The van der Waals surface area contributed by atoms with Crippen LogP contribution in [0.4, 0.5) is 0 Å². The molecule has 0 radical (unpaired) electrons. The third-order valence-electron chi connectivity index (χ3n) is 3.28. The molecule has 0 saturated heterocycles. The second-order valence-electron chi connectivity index (χ2n) is 5.01. The molecule has 0 heterocycles. The van der Waals surface area contributed by atoms with E-state index in [1.165, 1.54) is 18.9 Å². The molecule has 1 aromatic carbocycles. The average Bonchev–Trinajstić information content (AvgIpc) is 2.46. The number of nitrogens with zero attached hydrogens (tertiary/aromatic N) is 1. The molecule has 1 aromatic rings. The Morgan fingerprint density at radius 3 is 2.29 bits per heavy atom. The standard InChI is InChI=1S/C15H20N2O4/c1-10(15(20)21)11(2)16-13(18)9-17(3)14(19)12-7-5-4-6-8-12/h4-8,10-11H,9H2,1-3H3,(H,16,18)(H,20,21). The molecule has 0 spiro atoms. The lowest BCUT2D eigenvalue weighted by Crippen LogP contribution is -2.45. The van der Waals surface area contributed by atoms with E-state index >= 15 is 0 Å². The van der Waals surface area contributed by atoms with Gasteiger partial charge in [-0.2, -0.15) is 0 Å². The Morgan fingerprint density at radius 2 is 1.76 bits per heavy atom. The largest absolute Gasteiger partial charge is 0.481 e. The van der Waals surface area contributed by atoms with Gasteiger partial charge in [0.05, 0.1) is 12.5 Å². The third-order valence-corrected chi connectivity index (χ3v) is 3.28. The van der Waals surface area contributed by atoms with Crippen LogP contribution in [-0.2, 0) is 9.59 Å². The zero-order valence-corrected chi connectivity index (χ0v) is 12.4. The number of benzene rings is 1. The van der Waals surface area contributed by atoms with Gasteiger partial charge in [0.15, 0.2) is 0 Å². The van der Waals surface area contributed by atoms with Gasteiger partial charge in [0.2, 0.25) is 5.91 Å². The summed E-state index contributed by atoms with van der Waals surface area (Å²) in [6, 6.07) is 8.14. The first-order chi connectivity index (χ1) is 9.82. The van der Waals surface area contributed by atoms with Crippen LogP contribution in [0.2, 0.25) is 0 Å². The van der Waals surface area contributed by atoms with Crippen molar-refractivity contribution in [3.63, 3.8) is 0 Å². The molecule has 114 valence electrons. The van der Waals surface area contributed by atoms with Crippen LogP contribution in [0.1, 0.15) is 24.2 Å². The fourth-order valence-electron chi connectivity index (χ4n) is 1.73. The van der Waals surface area contributed by atoms with Crippen molar-refractivity contribution in [1.29, 1.82) is 0 Å². The number of hydrogen-bond acceptors (Lipinski definition) is 3. The molecule has 0 fully saturated rings. The lowest BCUT2D eigenvalue weighted by Gasteiger charge is -2.21. The average molecular weight is 292 g/mol. The minimum absolute atomic E-state index is 0.121. The Balaban J connectivity index is 2.55. The van der Waals surface area contributed by atoms with Crippen LogP contribution >= 0.6 is 0 Å². The highest BCUT2D eigenvalue weighted by atomic mass is 16.4. The van der Waals surface area contributed by atoms with Crippen LogP contribution in [0.15, 0.2) is 30.3 Å². The van der Waals surface area contributed by atoms with Gasteiger partial charge in [0, 0.05) is 18.7 Å². The number of carboxylic acid groups (broad SMARTS) is 1. The molecule has 6 heteroatoms. The minimum atomic E-state index is -0.975. The molecule has 0 aliphatic heterocycles. The maximum atomic E-state index is 12.1. The quantitative estimate of drug-likeness (QED) is 0.818. The molecular formula is C15H20N2O4. The first-order valence-corrected chi connectivity index (χ1v) is 6.65. The number of amides is 2. The highest BCUT2D eigenvalue weighted by Crippen LogP contribution is 2.04. The molecule has 6 nitrogen and oxygen atoms in total. The molecule has 0 saturated carbocycles. The first kappa shape index (κ1) is 16.7. The van der Waals surface area contributed by atoms with Gasteiger partial charge >= 0.3 is 5.97 Å². The Hall–Kier alpha value is -2.37. The topological polar surface area (TPSA) is 86.7 Å². The molecule has 0 bridgehead atoms. The third kappa shape index (κ3) is 4.91. The van der Waals surface area contributed by atoms with Crippen LogP contribution in [0.25, 0.3) is 0 Å². The van der Waals surface area contributed by atoms with Gasteiger partial charge in [-0.25, -0.2) is 0 Å². The van der Waals surface area contributed by atoms with Crippen molar-refractivity contribution >= 4 is 17.8 Å². The molecule has 1 rings (SSSR count). The molecule has 0 aliphatic rings. The maximum absolute atomic E-state index is 12.1. The summed E-state index contributed by atoms with van der Waals surface area (Å²) in [4.78, 5) is 36.0. The van der Waals surface area contributed by atoms with Gasteiger partial charge < -0.3 is 15.3 Å². The van der Waals surface area contributed by atoms with Gasteiger partial charge in [-0.15, -0.1) is 0 Å². The first-order valence-electron chi connectivity index (χ1n) is 6.65. The second kappa shape index (κ2) is 7.42. The zero-order chi connectivity index (χ0) is 16.0. The van der Waals surface area contributed by atoms with Gasteiger partial charge in [-0.05, 0) is 26.0 Å². The SMILES string of the molecule is CC(NC(=O)CN(C)C(=O)c1ccccc1)C(C)C(=O)O. The van der Waals surface area contributed by atoms with Crippen molar-refractivity contribution in [1.82, 2.24) is 10.2 Å². The Bertz CT molecular complexity index is 516. The summed E-state index contributed by atoms with van der Waals surface area (Å²) in [6.07, 6.45) is 0. The van der Waals surface area contributed by atoms with Crippen molar-refractivity contribution < 1.29 is 19.5 Å². The van der Waals surface area contributed by atoms with E-state index in [4.69, 9.17) is 5.11 Å². The van der Waals surface area contributed by atoms with E-state index < -0.39 is 17.9 Å². The summed E-state index contributed by atoms with van der Waals surface area (Å²) in [5, 5.41) is 11.5. The van der Waals surface area contributed by atoms with Crippen LogP contribution < -0.4 is 5.32 Å². The molecular weight excluding hydrogens is 272 g/mol. The molecule has 2 amide bonds. The number of hydrogen-bond donors (Lipinski definition) is 2. The molecule has 0 aromatic heterocycles. The highest BCUT2D eigenvalue weighted by molar-refractivity contribution is 5.96. The summed E-state index contributed by atoms with van der Waals surface area (Å²) in [7, 11) is 1.53. The molecule has 0 aliphatic carbocycles. The Labute approximate surface area is 123 Å². The van der Waals surface area contributed by atoms with E-state index in [0.29, 0.717) is 5.56 Å². The highest BCUT2D eigenvalue weighted by Gasteiger charge is 2.22. The van der Waals surface area contributed by atoms with Crippen LogP contribution in [0, 0.1) is 5.92 Å². The normalized spacial score (nSPS) is 13.1. The van der Waals surface area contributed by atoms with Crippen molar-refractivity contribution in [2.75, 3.05) is 13.6 Å². The summed E-state index contributed by atoms with van der Waals surface area (Å²) in [5.74, 6) is -2.31. The number of likely N-dealkylation sites (N-methyl/N-ethyl adjacent to an activating group) is 1. The lowest BCUT2D eigenvalue weighted by atomic mass is 10.0. The summed E-state index contributed by atoms with van der Waals surface area (Å²) >= 11 is 0. The van der Waals surface area contributed by atoms with Crippen LogP contribution in [0.5, 0.6) is 0 Å². The van der Waals surface area contributed by atoms with Gasteiger partial charge in [-0.3, -0.25) is 14.4 Å². The van der Waals surface area contributed by atoms with Crippen LogP contribution in [-0.4, -0.2) is 47.4 Å². The lowest BCUT2D eigenvalue weighted by molar-refractivity contribution is -0.142. The second-order valence-corrected chi connectivity index (χ2v) is 5.01. The van der Waals surface area contributed by atoms with Gasteiger partial charge in [-0.1, -0.05) is 18.2 Å². The predicted octanol–water partition coefficient (Wildman–Crippen LogP) is 0.984. The molecule has 2 unspecified atom stereocenters.